The molecule has 0 aliphatic heterocycles. The molecule has 2 aromatic heterocycles. The Hall–Kier alpha value is -4.07. The number of rotatable bonds is 6. The number of nitrogens with zero attached hydrogens (tertiary/aromatic N) is 2. The summed E-state index contributed by atoms with van der Waals surface area (Å²) in [6, 6.07) is 10.9. The number of fused-ring (bicyclic) bond motifs is 1. The first kappa shape index (κ1) is 22.4. The molecular formula is C28H24FN3O4. The SMILES string of the molecule is O=C(NC1CC1)c1cn(-c2cccc(C3=CCC([C@H]4C[C@@H]4C(=O)O)C(F)=C3)c2)c2ncccc2c1=O. The van der Waals surface area contributed by atoms with Crippen molar-refractivity contribution in [1.82, 2.24) is 14.9 Å². The fraction of sp³-hybridized carbons (Fsp3) is 0.286. The smallest absolute Gasteiger partial charge is 0.306 e. The van der Waals surface area contributed by atoms with Crippen LogP contribution in [0.4, 0.5) is 4.39 Å². The normalized spacial score (nSPS) is 23.1. The minimum absolute atomic E-state index is 0.0517. The van der Waals surface area contributed by atoms with E-state index in [1.165, 1.54) is 12.3 Å². The van der Waals surface area contributed by atoms with Crippen LogP contribution in [0.1, 0.15) is 41.6 Å². The lowest BCUT2D eigenvalue weighted by Gasteiger charge is -2.19. The van der Waals surface area contributed by atoms with Crippen LogP contribution < -0.4 is 10.7 Å². The van der Waals surface area contributed by atoms with Crippen molar-refractivity contribution in [3.63, 3.8) is 0 Å². The van der Waals surface area contributed by atoms with Crippen LogP contribution in [0.25, 0.3) is 22.3 Å². The first-order valence-electron chi connectivity index (χ1n) is 12.1. The molecular weight excluding hydrogens is 461 g/mol. The summed E-state index contributed by atoms with van der Waals surface area (Å²) in [4.78, 5) is 41.5. The van der Waals surface area contributed by atoms with Gasteiger partial charge in [0.25, 0.3) is 5.91 Å². The first-order chi connectivity index (χ1) is 17.4. The predicted molar refractivity (Wildman–Crippen MR) is 132 cm³/mol. The third kappa shape index (κ3) is 4.02. The minimum Gasteiger partial charge on any atom is -0.481 e. The number of hydrogen-bond donors (Lipinski definition) is 2. The second-order valence-corrected chi connectivity index (χ2v) is 9.79. The maximum atomic E-state index is 15.0. The topological polar surface area (TPSA) is 101 Å². The van der Waals surface area contributed by atoms with Crippen molar-refractivity contribution >= 4 is 28.5 Å². The highest BCUT2D eigenvalue weighted by atomic mass is 19.1. The summed E-state index contributed by atoms with van der Waals surface area (Å²) in [5.41, 5.74) is 2.28. The van der Waals surface area contributed by atoms with Gasteiger partial charge in [-0.1, -0.05) is 18.2 Å². The average molecular weight is 486 g/mol. The number of pyridine rings is 2. The number of aliphatic carboxylic acids is 1. The number of hydrogen-bond acceptors (Lipinski definition) is 4. The van der Waals surface area contributed by atoms with E-state index in [-0.39, 0.29) is 28.8 Å². The van der Waals surface area contributed by atoms with Crippen LogP contribution in [0.2, 0.25) is 0 Å². The third-order valence-corrected chi connectivity index (χ3v) is 7.29. The third-order valence-electron chi connectivity index (χ3n) is 7.29. The van der Waals surface area contributed by atoms with E-state index in [9.17, 15) is 23.9 Å². The minimum atomic E-state index is -0.859. The molecule has 8 heteroatoms. The van der Waals surface area contributed by atoms with E-state index in [1.54, 1.807) is 22.9 Å². The Bertz CT molecular complexity index is 1540. The second-order valence-electron chi connectivity index (χ2n) is 9.79. The molecule has 2 fully saturated rings. The molecule has 3 aliphatic carbocycles. The first-order valence-corrected chi connectivity index (χ1v) is 12.1. The zero-order valence-corrected chi connectivity index (χ0v) is 19.4. The van der Waals surface area contributed by atoms with Gasteiger partial charge in [0.05, 0.1) is 11.3 Å². The lowest BCUT2D eigenvalue weighted by molar-refractivity contribution is -0.139. The van der Waals surface area contributed by atoms with Gasteiger partial charge in [0.1, 0.15) is 17.0 Å². The molecule has 7 nitrogen and oxygen atoms in total. The standard InChI is InChI=1S/C28H24FN3O4/c29-24-12-16(6-9-19(24)21-13-22(21)28(35)36)15-3-1-4-18(11-15)32-14-23(27(34)31-17-7-8-17)25(33)20-5-2-10-30-26(20)32/h1-6,10-12,14,17,19,21-22H,7-9,13H2,(H,31,34)(H,35,36)/t19?,21-,22+/m1/s1. The molecule has 0 radical (unpaired) electrons. The number of halogens is 1. The number of aromatic nitrogens is 2. The highest BCUT2D eigenvalue weighted by Gasteiger charge is 2.49. The molecule has 2 N–H and O–H groups in total. The van der Waals surface area contributed by atoms with Gasteiger partial charge in [0, 0.05) is 30.0 Å². The van der Waals surface area contributed by atoms with Crippen molar-refractivity contribution in [1.29, 1.82) is 0 Å². The van der Waals surface area contributed by atoms with Gasteiger partial charge in [-0.05, 0) is 73.1 Å². The number of carbonyl (C=O) groups is 2. The molecule has 1 aromatic carbocycles. The zero-order valence-electron chi connectivity index (χ0n) is 19.4. The van der Waals surface area contributed by atoms with E-state index in [2.05, 4.69) is 10.3 Å². The summed E-state index contributed by atoms with van der Waals surface area (Å²) in [5, 5.41) is 12.4. The van der Waals surface area contributed by atoms with Crippen LogP contribution in [0.15, 0.2) is 71.6 Å². The Morgan fingerprint density at radius 2 is 2.00 bits per heavy atom. The summed E-state index contributed by atoms with van der Waals surface area (Å²) in [6.45, 7) is 0. The van der Waals surface area contributed by atoms with Gasteiger partial charge in [0.2, 0.25) is 5.43 Å². The van der Waals surface area contributed by atoms with Crippen molar-refractivity contribution in [2.75, 3.05) is 0 Å². The summed E-state index contributed by atoms with van der Waals surface area (Å²) in [5.74, 6) is -2.55. The van der Waals surface area contributed by atoms with Crippen molar-refractivity contribution < 1.29 is 19.1 Å². The number of carbonyl (C=O) groups excluding carboxylic acids is 1. The molecule has 6 rings (SSSR count). The van der Waals surface area contributed by atoms with Gasteiger partial charge in [-0.3, -0.25) is 14.4 Å². The number of allylic oxidation sites excluding steroid dienone is 4. The summed E-state index contributed by atoms with van der Waals surface area (Å²) in [7, 11) is 0. The fourth-order valence-electron chi connectivity index (χ4n) is 5.05. The van der Waals surface area contributed by atoms with Crippen LogP contribution in [-0.2, 0) is 4.79 Å². The van der Waals surface area contributed by atoms with Gasteiger partial charge >= 0.3 is 5.97 Å². The Kier molecular flexibility index (Phi) is 5.32. The Morgan fingerprint density at radius 1 is 1.17 bits per heavy atom. The molecule has 2 saturated carbocycles. The lowest BCUT2D eigenvalue weighted by Crippen LogP contribution is -2.31. The number of benzene rings is 1. The fourth-order valence-corrected chi connectivity index (χ4v) is 5.05. The number of carboxylic acids is 1. The van der Waals surface area contributed by atoms with E-state index in [4.69, 9.17) is 0 Å². The van der Waals surface area contributed by atoms with Crippen LogP contribution >= 0.6 is 0 Å². The quantitative estimate of drug-likeness (QED) is 0.544. The molecule has 3 aliphatic rings. The van der Waals surface area contributed by atoms with Gasteiger partial charge in [-0.15, -0.1) is 0 Å². The van der Waals surface area contributed by atoms with Crippen molar-refractivity contribution in [3.8, 4) is 5.69 Å². The molecule has 2 heterocycles. The zero-order chi connectivity index (χ0) is 25.0. The van der Waals surface area contributed by atoms with E-state index in [0.29, 0.717) is 35.1 Å². The molecule has 36 heavy (non-hydrogen) atoms. The van der Waals surface area contributed by atoms with Crippen LogP contribution in [-0.4, -0.2) is 32.6 Å². The summed E-state index contributed by atoms with van der Waals surface area (Å²) >= 11 is 0. The Balaban J connectivity index is 1.36. The van der Waals surface area contributed by atoms with E-state index in [0.717, 1.165) is 18.4 Å². The van der Waals surface area contributed by atoms with Crippen LogP contribution in [0.3, 0.4) is 0 Å². The second kappa shape index (κ2) is 8.55. The molecule has 0 bridgehead atoms. The monoisotopic (exact) mass is 485 g/mol. The van der Waals surface area contributed by atoms with Crippen molar-refractivity contribution in [3.05, 3.63) is 88.1 Å². The van der Waals surface area contributed by atoms with E-state index >= 15 is 0 Å². The molecule has 3 atom stereocenters. The highest BCUT2D eigenvalue weighted by molar-refractivity contribution is 5.97. The Morgan fingerprint density at radius 3 is 2.72 bits per heavy atom. The molecule has 182 valence electrons. The predicted octanol–water partition coefficient (Wildman–Crippen LogP) is 4.26. The van der Waals surface area contributed by atoms with Crippen molar-refractivity contribution in [2.24, 2.45) is 17.8 Å². The van der Waals surface area contributed by atoms with Gasteiger partial charge in [0.15, 0.2) is 0 Å². The van der Waals surface area contributed by atoms with E-state index < -0.39 is 23.7 Å². The van der Waals surface area contributed by atoms with Crippen LogP contribution in [0, 0.1) is 17.8 Å². The molecule has 3 aromatic rings. The lowest BCUT2D eigenvalue weighted by atomic mass is 9.88. The van der Waals surface area contributed by atoms with Crippen molar-refractivity contribution in [2.45, 2.75) is 31.7 Å². The molecule has 1 amide bonds. The highest BCUT2D eigenvalue weighted by Crippen LogP contribution is 2.50. The van der Waals surface area contributed by atoms with Crippen LogP contribution in [0.5, 0.6) is 0 Å². The van der Waals surface area contributed by atoms with Gasteiger partial charge in [-0.2, -0.15) is 0 Å². The maximum Gasteiger partial charge on any atom is 0.306 e. The Labute approximate surface area is 206 Å². The number of carboxylic acid groups (broad SMARTS) is 1. The molecule has 0 spiro atoms. The van der Waals surface area contributed by atoms with Gasteiger partial charge < -0.3 is 15.0 Å². The summed E-state index contributed by atoms with van der Waals surface area (Å²) < 4.78 is 16.7. The molecule has 1 unspecified atom stereocenters. The number of amides is 1. The largest absolute Gasteiger partial charge is 0.481 e. The molecule has 0 saturated heterocycles. The van der Waals surface area contributed by atoms with E-state index in [1.807, 2.05) is 30.3 Å². The average Bonchev–Trinajstić information content (AvgIpc) is 3.80. The maximum absolute atomic E-state index is 15.0. The summed E-state index contributed by atoms with van der Waals surface area (Å²) in [6.07, 6.45) is 9.34. The number of nitrogens with one attached hydrogen (secondary N) is 1. The van der Waals surface area contributed by atoms with Gasteiger partial charge in [-0.25, -0.2) is 9.37 Å².